The van der Waals surface area contributed by atoms with Crippen molar-refractivity contribution in [1.82, 2.24) is 0 Å². The maximum Gasteiger partial charge on any atom is 0.496 e. The molecule has 1 aliphatic carbocycles. The van der Waals surface area contributed by atoms with Gasteiger partial charge in [-0.1, -0.05) is 24.3 Å². The Balaban J connectivity index is 1.85. The number of aliphatic imine (C=N–C) groups is 1. The molecule has 94 valence electrons. The summed E-state index contributed by atoms with van der Waals surface area (Å²) in [6.07, 6.45) is 10.2. The normalized spacial score (nSPS) is 31.3. The van der Waals surface area contributed by atoms with Crippen molar-refractivity contribution in [2.24, 2.45) is 4.99 Å². The Hall–Kier alpha value is -1.13. The number of nitrogens with zero attached hydrogens (tertiary/aromatic N) is 1. The fourth-order valence-corrected chi connectivity index (χ4v) is 2.25. The molecule has 2 aliphatic heterocycles. The molecule has 1 fully saturated rings. The van der Waals surface area contributed by atoms with Crippen molar-refractivity contribution < 1.29 is 9.31 Å². The third-order valence-electron chi connectivity index (χ3n) is 4.17. The first-order valence-corrected chi connectivity index (χ1v) is 6.38. The van der Waals surface area contributed by atoms with Crippen molar-refractivity contribution in [1.29, 1.82) is 0 Å². The lowest BCUT2D eigenvalue weighted by atomic mass is 9.76. The molecule has 3 aliphatic rings. The van der Waals surface area contributed by atoms with E-state index in [0.29, 0.717) is 0 Å². The van der Waals surface area contributed by atoms with E-state index in [2.05, 4.69) is 50.9 Å². The van der Waals surface area contributed by atoms with E-state index in [4.69, 9.17) is 9.31 Å². The molecule has 0 aromatic rings. The van der Waals surface area contributed by atoms with Gasteiger partial charge >= 0.3 is 7.12 Å². The smallest absolute Gasteiger partial charge is 0.399 e. The van der Waals surface area contributed by atoms with Crippen LogP contribution >= 0.6 is 0 Å². The van der Waals surface area contributed by atoms with Crippen LogP contribution in [0, 0.1) is 0 Å². The van der Waals surface area contributed by atoms with Crippen LogP contribution in [-0.2, 0) is 9.31 Å². The molecule has 1 atom stereocenters. The second-order valence-electron chi connectivity index (χ2n) is 6.01. The predicted octanol–water partition coefficient (Wildman–Crippen LogP) is 2.49. The van der Waals surface area contributed by atoms with E-state index < -0.39 is 0 Å². The van der Waals surface area contributed by atoms with Crippen LogP contribution in [0.3, 0.4) is 0 Å². The lowest BCUT2D eigenvalue weighted by molar-refractivity contribution is 0.00578. The average molecular weight is 243 g/mol. The zero-order valence-corrected chi connectivity index (χ0v) is 11.3. The molecular formula is C14H18BNO2. The molecule has 2 heterocycles. The van der Waals surface area contributed by atoms with Crippen LogP contribution in [0.25, 0.3) is 0 Å². The lowest BCUT2D eigenvalue weighted by Crippen LogP contribution is -2.41. The number of rotatable bonds is 1. The largest absolute Gasteiger partial charge is 0.496 e. The highest BCUT2D eigenvalue weighted by atomic mass is 16.7. The Labute approximate surface area is 108 Å². The van der Waals surface area contributed by atoms with Crippen LogP contribution in [0.2, 0.25) is 0 Å². The molecule has 0 amide bonds. The minimum Gasteiger partial charge on any atom is -0.399 e. The summed E-state index contributed by atoms with van der Waals surface area (Å²) >= 11 is 0. The van der Waals surface area contributed by atoms with Crippen molar-refractivity contribution in [3.63, 3.8) is 0 Å². The molecule has 0 saturated carbocycles. The van der Waals surface area contributed by atoms with Crippen molar-refractivity contribution in [2.75, 3.05) is 0 Å². The second kappa shape index (κ2) is 3.68. The quantitative estimate of drug-likeness (QED) is 0.662. The Morgan fingerprint density at radius 3 is 2.50 bits per heavy atom. The standard InChI is InChI=1S/C14H18BNO2/c1-13(2)14(3,4)18-15(17-13)11-8-10-6-5-7-12(10)16-9-11/h5-9,12H,1-4H3. The van der Waals surface area contributed by atoms with E-state index in [1.807, 2.05) is 12.3 Å². The maximum atomic E-state index is 6.02. The van der Waals surface area contributed by atoms with Crippen LogP contribution in [0.1, 0.15) is 27.7 Å². The fourth-order valence-electron chi connectivity index (χ4n) is 2.25. The van der Waals surface area contributed by atoms with E-state index in [0.717, 1.165) is 5.47 Å². The van der Waals surface area contributed by atoms with Gasteiger partial charge in [-0.2, -0.15) is 0 Å². The van der Waals surface area contributed by atoms with Gasteiger partial charge in [0.25, 0.3) is 0 Å². The summed E-state index contributed by atoms with van der Waals surface area (Å²) < 4.78 is 12.0. The summed E-state index contributed by atoms with van der Waals surface area (Å²) in [6, 6.07) is 0.191. The van der Waals surface area contributed by atoms with E-state index in [1.54, 1.807) is 0 Å². The average Bonchev–Trinajstić information content (AvgIpc) is 2.80. The molecule has 18 heavy (non-hydrogen) atoms. The Morgan fingerprint density at radius 1 is 1.17 bits per heavy atom. The monoisotopic (exact) mass is 243 g/mol. The molecule has 3 nitrogen and oxygen atoms in total. The number of hydrogen-bond acceptors (Lipinski definition) is 3. The van der Waals surface area contributed by atoms with Crippen LogP contribution in [0.4, 0.5) is 0 Å². The fraction of sp³-hybridized carbons (Fsp3) is 0.500. The highest BCUT2D eigenvalue weighted by Crippen LogP contribution is 2.39. The summed E-state index contributed by atoms with van der Waals surface area (Å²) in [5.74, 6) is 0. The van der Waals surface area contributed by atoms with Crippen molar-refractivity contribution in [2.45, 2.75) is 44.9 Å². The van der Waals surface area contributed by atoms with Gasteiger partial charge in [0, 0.05) is 11.7 Å². The predicted molar refractivity (Wildman–Crippen MR) is 73.7 cm³/mol. The zero-order valence-electron chi connectivity index (χ0n) is 11.3. The first-order valence-electron chi connectivity index (χ1n) is 6.38. The molecule has 0 aromatic carbocycles. The van der Waals surface area contributed by atoms with Crippen LogP contribution < -0.4 is 0 Å². The zero-order chi connectivity index (χ0) is 13.0. The number of dihydropyridines is 1. The summed E-state index contributed by atoms with van der Waals surface area (Å²) in [5, 5.41) is 0. The van der Waals surface area contributed by atoms with Gasteiger partial charge in [-0.25, -0.2) is 0 Å². The Morgan fingerprint density at radius 2 is 1.83 bits per heavy atom. The van der Waals surface area contributed by atoms with Gasteiger partial charge in [0.1, 0.15) is 0 Å². The maximum absolute atomic E-state index is 6.02. The molecule has 4 heteroatoms. The summed E-state index contributed by atoms with van der Waals surface area (Å²) in [6.45, 7) is 8.25. The first kappa shape index (κ1) is 11.9. The highest BCUT2D eigenvalue weighted by molar-refractivity contribution is 6.60. The lowest BCUT2D eigenvalue weighted by Gasteiger charge is -2.32. The van der Waals surface area contributed by atoms with Gasteiger partial charge in [-0.15, -0.1) is 0 Å². The minimum atomic E-state index is -0.318. The van der Waals surface area contributed by atoms with Crippen molar-refractivity contribution in [3.05, 3.63) is 35.3 Å². The number of fused-ring (bicyclic) bond motifs is 1. The van der Waals surface area contributed by atoms with Crippen molar-refractivity contribution in [3.8, 4) is 0 Å². The van der Waals surface area contributed by atoms with Gasteiger partial charge in [0.05, 0.1) is 17.2 Å². The molecule has 0 N–H and O–H groups in total. The van der Waals surface area contributed by atoms with Crippen LogP contribution in [0.15, 0.2) is 40.3 Å². The molecular weight excluding hydrogens is 225 g/mol. The molecule has 0 aromatic heterocycles. The number of allylic oxidation sites excluding steroid dienone is 3. The van der Waals surface area contributed by atoms with Crippen molar-refractivity contribution >= 4 is 13.3 Å². The van der Waals surface area contributed by atoms with Gasteiger partial charge in [-0.05, 0) is 33.3 Å². The third-order valence-corrected chi connectivity index (χ3v) is 4.17. The Bertz CT molecular complexity index is 484. The molecule has 0 spiro atoms. The summed E-state index contributed by atoms with van der Waals surface area (Å²) in [4.78, 5) is 4.50. The van der Waals surface area contributed by atoms with E-state index in [1.165, 1.54) is 5.57 Å². The van der Waals surface area contributed by atoms with E-state index in [-0.39, 0.29) is 24.4 Å². The highest BCUT2D eigenvalue weighted by Gasteiger charge is 2.52. The third kappa shape index (κ3) is 1.71. The molecule has 0 bridgehead atoms. The Kier molecular flexibility index (Phi) is 2.44. The van der Waals surface area contributed by atoms with Crippen LogP contribution in [-0.4, -0.2) is 30.6 Å². The van der Waals surface area contributed by atoms with E-state index in [9.17, 15) is 0 Å². The summed E-state index contributed by atoms with van der Waals surface area (Å²) in [7, 11) is -0.318. The van der Waals surface area contributed by atoms with Gasteiger partial charge in [0.2, 0.25) is 0 Å². The van der Waals surface area contributed by atoms with Gasteiger partial charge < -0.3 is 9.31 Å². The van der Waals surface area contributed by atoms with Crippen LogP contribution in [0.5, 0.6) is 0 Å². The van der Waals surface area contributed by atoms with Gasteiger partial charge in [0.15, 0.2) is 0 Å². The molecule has 3 rings (SSSR count). The van der Waals surface area contributed by atoms with Gasteiger partial charge in [-0.3, -0.25) is 4.99 Å². The molecule has 1 saturated heterocycles. The molecule has 1 unspecified atom stereocenters. The summed E-state index contributed by atoms with van der Waals surface area (Å²) in [5.41, 5.74) is 1.61. The second-order valence-corrected chi connectivity index (χ2v) is 6.01. The minimum absolute atomic E-state index is 0.191. The first-order chi connectivity index (χ1) is 8.39. The number of hydrogen-bond donors (Lipinski definition) is 0. The SMILES string of the molecule is CC1(C)OB(C2=CC3=CC=CC3N=C2)OC1(C)C. The molecule has 0 radical (unpaired) electrons. The topological polar surface area (TPSA) is 30.8 Å². The van der Waals surface area contributed by atoms with E-state index >= 15 is 0 Å².